The number of halogens is 1. The molecule has 5 nitrogen and oxygen atoms in total. The van der Waals surface area contributed by atoms with Crippen LogP contribution in [0.4, 0.5) is 10.5 Å². The topological polar surface area (TPSA) is 58.6 Å². The lowest BCUT2D eigenvalue weighted by atomic mass is 10.2. The number of urea groups is 1. The summed E-state index contributed by atoms with van der Waals surface area (Å²) in [6.45, 7) is 1.47. The predicted molar refractivity (Wildman–Crippen MR) is 72.6 cm³/mol. The van der Waals surface area contributed by atoms with Gasteiger partial charge in [0.1, 0.15) is 0 Å². The summed E-state index contributed by atoms with van der Waals surface area (Å²) >= 11 is 5.89. The van der Waals surface area contributed by atoms with Crippen molar-refractivity contribution in [3.05, 3.63) is 28.8 Å². The molecule has 1 N–H and O–H groups in total. The third kappa shape index (κ3) is 3.17. The summed E-state index contributed by atoms with van der Waals surface area (Å²) in [5.74, 6) is -0.506. The molecule has 0 aromatic heterocycles. The van der Waals surface area contributed by atoms with Crippen LogP contribution < -0.4 is 5.32 Å². The van der Waals surface area contributed by atoms with Gasteiger partial charge in [-0.1, -0.05) is 11.6 Å². The van der Waals surface area contributed by atoms with Gasteiger partial charge in [0.05, 0.1) is 18.4 Å². The van der Waals surface area contributed by atoms with Crippen LogP contribution in [0.5, 0.6) is 0 Å². The van der Waals surface area contributed by atoms with Gasteiger partial charge in [-0.2, -0.15) is 0 Å². The fourth-order valence-corrected chi connectivity index (χ4v) is 2.19. The summed E-state index contributed by atoms with van der Waals surface area (Å²) in [5.41, 5.74) is 0.663. The van der Waals surface area contributed by atoms with Crippen molar-refractivity contribution < 1.29 is 14.3 Å². The number of likely N-dealkylation sites (tertiary alicyclic amines) is 1. The number of hydrogen-bond acceptors (Lipinski definition) is 3. The van der Waals surface area contributed by atoms with Gasteiger partial charge in [0.2, 0.25) is 0 Å². The predicted octanol–water partition coefficient (Wildman–Crippen LogP) is 2.75. The zero-order valence-corrected chi connectivity index (χ0v) is 11.4. The molecule has 2 rings (SSSR count). The molecule has 1 fully saturated rings. The number of esters is 1. The van der Waals surface area contributed by atoms with Crippen LogP contribution in [0.2, 0.25) is 5.02 Å². The van der Waals surface area contributed by atoms with Crippen LogP contribution >= 0.6 is 11.6 Å². The third-order valence-corrected chi connectivity index (χ3v) is 3.26. The van der Waals surface area contributed by atoms with Gasteiger partial charge in [0, 0.05) is 18.1 Å². The van der Waals surface area contributed by atoms with E-state index in [0.717, 1.165) is 25.9 Å². The Morgan fingerprint density at radius 1 is 1.32 bits per heavy atom. The number of ether oxygens (including phenoxy) is 1. The number of nitrogens with one attached hydrogen (secondary N) is 1. The molecule has 0 unspecified atom stereocenters. The standard InChI is InChI=1S/C13H15ClN2O3/c1-19-12(17)10-5-4-9(14)8-11(10)15-13(18)16-6-2-3-7-16/h4-5,8H,2-3,6-7H2,1H3,(H,15,18). The van der Waals surface area contributed by atoms with E-state index in [1.165, 1.54) is 13.2 Å². The van der Waals surface area contributed by atoms with Crippen LogP contribution in [0.25, 0.3) is 0 Å². The molecular weight excluding hydrogens is 268 g/mol. The zero-order chi connectivity index (χ0) is 13.8. The lowest BCUT2D eigenvalue weighted by Gasteiger charge is -2.17. The Morgan fingerprint density at radius 3 is 2.63 bits per heavy atom. The maximum absolute atomic E-state index is 12.0. The van der Waals surface area contributed by atoms with Crippen LogP contribution in [-0.2, 0) is 4.74 Å². The first kappa shape index (κ1) is 13.7. The van der Waals surface area contributed by atoms with Gasteiger partial charge in [-0.3, -0.25) is 0 Å². The summed E-state index contributed by atoms with van der Waals surface area (Å²) in [6, 6.07) is 4.44. The highest BCUT2D eigenvalue weighted by Gasteiger charge is 2.20. The van der Waals surface area contributed by atoms with Crippen molar-refractivity contribution in [3.8, 4) is 0 Å². The second-order valence-corrected chi connectivity index (χ2v) is 4.74. The van der Waals surface area contributed by atoms with Crippen molar-refractivity contribution in [2.75, 3.05) is 25.5 Å². The Labute approximate surface area is 116 Å². The summed E-state index contributed by atoms with van der Waals surface area (Å²) in [7, 11) is 1.29. The number of carbonyl (C=O) groups excluding carboxylic acids is 2. The Balaban J connectivity index is 2.20. The van der Waals surface area contributed by atoms with Crippen molar-refractivity contribution in [3.63, 3.8) is 0 Å². The van der Waals surface area contributed by atoms with Crippen LogP contribution in [0.15, 0.2) is 18.2 Å². The van der Waals surface area contributed by atoms with Crippen LogP contribution in [0.1, 0.15) is 23.2 Å². The largest absolute Gasteiger partial charge is 0.465 e. The minimum Gasteiger partial charge on any atom is -0.465 e. The number of hydrogen-bond donors (Lipinski definition) is 1. The summed E-state index contributed by atoms with van der Waals surface area (Å²) in [6.07, 6.45) is 2.01. The molecule has 0 aliphatic carbocycles. The van der Waals surface area contributed by atoms with E-state index >= 15 is 0 Å². The molecular formula is C13H15ClN2O3. The van der Waals surface area contributed by atoms with Gasteiger partial charge in [-0.15, -0.1) is 0 Å². The maximum atomic E-state index is 12.0. The Morgan fingerprint density at radius 2 is 2.00 bits per heavy atom. The molecule has 1 saturated heterocycles. The molecule has 0 radical (unpaired) electrons. The molecule has 2 amide bonds. The Hall–Kier alpha value is -1.75. The molecule has 0 spiro atoms. The monoisotopic (exact) mass is 282 g/mol. The van der Waals surface area contributed by atoms with Crippen LogP contribution in [0, 0.1) is 0 Å². The molecule has 19 heavy (non-hydrogen) atoms. The van der Waals surface area contributed by atoms with Gasteiger partial charge in [0.25, 0.3) is 0 Å². The van der Waals surface area contributed by atoms with E-state index in [1.54, 1.807) is 17.0 Å². The highest BCUT2D eigenvalue weighted by atomic mass is 35.5. The minimum atomic E-state index is -0.506. The van der Waals surface area contributed by atoms with Gasteiger partial charge in [0.15, 0.2) is 0 Å². The lowest BCUT2D eigenvalue weighted by molar-refractivity contribution is 0.0602. The van der Waals surface area contributed by atoms with Crippen LogP contribution in [-0.4, -0.2) is 37.1 Å². The molecule has 6 heteroatoms. The summed E-state index contributed by atoms with van der Waals surface area (Å²) in [5, 5.41) is 3.16. The third-order valence-electron chi connectivity index (χ3n) is 3.02. The number of methoxy groups -OCH3 is 1. The molecule has 1 aliphatic rings. The first-order chi connectivity index (χ1) is 9.11. The smallest absolute Gasteiger partial charge is 0.339 e. The van der Waals surface area contributed by atoms with E-state index in [4.69, 9.17) is 11.6 Å². The van der Waals surface area contributed by atoms with Crippen molar-refractivity contribution in [1.29, 1.82) is 0 Å². The number of benzene rings is 1. The summed E-state index contributed by atoms with van der Waals surface area (Å²) < 4.78 is 4.68. The number of amides is 2. The lowest BCUT2D eigenvalue weighted by Crippen LogP contribution is -2.32. The number of anilines is 1. The zero-order valence-electron chi connectivity index (χ0n) is 10.6. The first-order valence-corrected chi connectivity index (χ1v) is 6.43. The molecule has 1 aliphatic heterocycles. The van der Waals surface area contributed by atoms with Crippen LogP contribution in [0.3, 0.4) is 0 Å². The second-order valence-electron chi connectivity index (χ2n) is 4.31. The van der Waals surface area contributed by atoms with E-state index in [-0.39, 0.29) is 6.03 Å². The van der Waals surface area contributed by atoms with Crippen molar-refractivity contribution in [1.82, 2.24) is 4.90 Å². The fraction of sp³-hybridized carbons (Fsp3) is 0.385. The minimum absolute atomic E-state index is 0.218. The van der Waals surface area contributed by atoms with Gasteiger partial charge < -0.3 is 15.0 Å². The quantitative estimate of drug-likeness (QED) is 0.849. The molecule has 0 atom stereocenters. The normalized spacial score (nSPS) is 14.3. The molecule has 1 aromatic rings. The highest BCUT2D eigenvalue weighted by molar-refractivity contribution is 6.31. The molecule has 1 aromatic carbocycles. The fourth-order valence-electron chi connectivity index (χ4n) is 2.02. The van der Waals surface area contributed by atoms with Gasteiger partial charge in [-0.05, 0) is 31.0 Å². The second kappa shape index (κ2) is 5.93. The highest BCUT2D eigenvalue weighted by Crippen LogP contribution is 2.22. The Kier molecular flexibility index (Phi) is 4.27. The van der Waals surface area contributed by atoms with E-state index in [9.17, 15) is 9.59 Å². The summed E-state index contributed by atoms with van der Waals surface area (Å²) in [4.78, 5) is 25.3. The number of nitrogens with zero attached hydrogens (tertiary/aromatic N) is 1. The SMILES string of the molecule is COC(=O)c1ccc(Cl)cc1NC(=O)N1CCCC1. The Bertz CT molecular complexity index is 499. The average Bonchev–Trinajstić information content (AvgIpc) is 2.92. The van der Waals surface area contributed by atoms with Gasteiger partial charge in [-0.25, -0.2) is 9.59 Å². The van der Waals surface area contributed by atoms with Crippen molar-refractivity contribution >= 4 is 29.3 Å². The van der Waals surface area contributed by atoms with Gasteiger partial charge >= 0.3 is 12.0 Å². The van der Waals surface area contributed by atoms with Crippen molar-refractivity contribution in [2.24, 2.45) is 0 Å². The molecule has 0 saturated carbocycles. The first-order valence-electron chi connectivity index (χ1n) is 6.05. The average molecular weight is 283 g/mol. The van der Waals surface area contributed by atoms with E-state index < -0.39 is 5.97 Å². The number of carbonyl (C=O) groups is 2. The molecule has 1 heterocycles. The van der Waals surface area contributed by atoms with E-state index in [1.807, 2.05) is 0 Å². The van der Waals surface area contributed by atoms with E-state index in [0.29, 0.717) is 16.3 Å². The maximum Gasteiger partial charge on any atom is 0.339 e. The van der Waals surface area contributed by atoms with E-state index in [2.05, 4.69) is 10.1 Å². The molecule has 0 bridgehead atoms. The number of rotatable bonds is 2. The van der Waals surface area contributed by atoms with Crippen molar-refractivity contribution in [2.45, 2.75) is 12.8 Å². The molecule has 102 valence electrons.